The Balaban J connectivity index is -0.0000000406. The lowest BCUT2D eigenvalue weighted by Gasteiger charge is -1.95. The Kier molecular flexibility index (Phi) is 57.8. The van der Waals surface area contributed by atoms with Crippen LogP contribution in [0.25, 0.3) is 0 Å². The second kappa shape index (κ2) is 30.6. The van der Waals surface area contributed by atoms with Crippen LogP contribution in [0, 0.1) is 0 Å². The van der Waals surface area contributed by atoms with E-state index in [2.05, 4.69) is 46.9 Å². The molecule has 0 unspecified atom stereocenters. The van der Waals surface area contributed by atoms with Gasteiger partial charge in [0.25, 0.3) is 0 Å². The van der Waals surface area contributed by atoms with E-state index in [1.54, 1.807) is 0 Å². The van der Waals surface area contributed by atoms with Crippen molar-refractivity contribution in [3.05, 3.63) is 0 Å². The fourth-order valence-electron chi connectivity index (χ4n) is 0. The van der Waals surface area contributed by atoms with Crippen molar-refractivity contribution in [2.24, 2.45) is 0 Å². The van der Waals surface area contributed by atoms with Crippen molar-refractivity contribution in [2.45, 2.75) is 67.9 Å². The zero-order chi connectivity index (χ0) is 9.70. The van der Waals surface area contributed by atoms with Crippen LogP contribution in [0.2, 0.25) is 0 Å². The lowest BCUT2D eigenvalue weighted by atomic mass is 10.4. The molecule has 12 heavy (non-hydrogen) atoms. The molecule has 1 nitrogen and oxygen atoms in total. The van der Waals surface area contributed by atoms with Crippen LogP contribution in [-0.2, 0) is 0 Å². The summed E-state index contributed by atoms with van der Waals surface area (Å²) < 4.78 is 0. The molecule has 0 aliphatic rings. The fraction of sp³-hybridized carbons (Fsp3) is 1.00. The molecule has 0 aliphatic carbocycles. The van der Waals surface area contributed by atoms with E-state index < -0.39 is 0 Å². The lowest BCUT2D eigenvalue weighted by Crippen LogP contribution is -2.15. The second-order valence-electron chi connectivity index (χ2n) is 2.86. The molecule has 0 amide bonds. The lowest BCUT2D eigenvalue weighted by molar-refractivity contribution is 0.668. The van der Waals surface area contributed by atoms with Crippen LogP contribution in [0.4, 0.5) is 0 Å². The Morgan fingerprint density at radius 3 is 1.00 bits per heavy atom. The first kappa shape index (κ1) is 22.7. The highest BCUT2D eigenvalue weighted by atomic mass is 14.8. The van der Waals surface area contributed by atoms with Crippen LogP contribution >= 0.6 is 0 Å². The summed E-state index contributed by atoms with van der Waals surface area (Å²) in [6.07, 6.45) is 2.50. The third-order valence-corrected chi connectivity index (χ3v) is 0.577. The summed E-state index contributed by atoms with van der Waals surface area (Å²) in [6, 6.07) is 0.634. The van der Waals surface area contributed by atoms with Gasteiger partial charge in [0, 0.05) is 6.04 Å². The minimum absolute atomic E-state index is 0. The van der Waals surface area contributed by atoms with Crippen LogP contribution in [-0.4, -0.2) is 13.1 Å². The van der Waals surface area contributed by atoms with Gasteiger partial charge < -0.3 is 5.32 Å². The highest BCUT2D eigenvalue weighted by molar-refractivity contribution is 4.40. The van der Waals surface area contributed by atoms with E-state index in [1.807, 2.05) is 7.05 Å². The third kappa shape index (κ3) is 208. The highest BCUT2D eigenvalue weighted by Crippen LogP contribution is 1.66. The zero-order valence-corrected chi connectivity index (χ0v) is 9.49. The summed E-state index contributed by atoms with van der Waals surface area (Å²) >= 11 is 0. The van der Waals surface area contributed by atoms with Crippen LogP contribution in [0.5, 0.6) is 0 Å². The molecule has 0 saturated heterocycles. The molecule has 0 aliphatic heterocycles. The molecule has 80 valence electrons. The van der Waals surface area contributed by atoms with Crippen molar-refractivity contribution in [3.63, 3.8) is 0 Å². The van der Waals surface area contributed by atoms with Crippen LogP contribution < -0.4 is 5.32 Å². The Morgan fingerprint density at radius 2 is 1.00 bits per heavy atom. The van der Waals surface area contributed by atoms with Crippen molar-refractivity contribution >= 4 is 0 Å². The van der Waals surface area contributed by atoms with Gasteiger partial charge in [-0.05, 0) is 7.05 Å². The van der Waals surface area contributed by atoms with E-state index in [1.165, 1.54) is 12.8 Å². The van der Waals surface area contributed by atoms with Crippen molar-refractivity contribution in [1.82, 2.24) is 5.32 Å². The summed E-state index contributed by atoms with van der Waals surface area (Å²) in [7, 11) is 1.95. The Hall–Kier alpha value is -0.0400. The van der Waals surface area contributed by atoms with Gasteiger partial charge in [-0.25, -0.2) is 0 Å². The average Bonchev–Trinajstić information content (AvgIpc) is 1.91. The van der Waals surface area contributed by atoms with Crippen molar-refractivity contribution in [3.8, 4) is 0 Å². The molecule has 1 heteroatoms. The van der Waals surface area contributed by atoms with Gasteiger partial charge in [-0.2, -0.15) is 0 Å². The zero-order valence-electron chi connectivity index (χ0n) is 9.49. The van der Waals surface area contributed by atoms with Gasteiger partial charge in [0.05, 0.1) is 0 Å². The van der Waals surface area contributed by atoms with E-state index in [9.17, 15) is 0 Å². The smallest absolute Gasteiger partial charge is 0.000733 e. The molecule has 0 radical (unpaired) electrons. The van der Waals surface area contributed by atoms with Crippen molar-refractivity contribution in [2.75, 3.05) is 7.05 Å². The van der Waals surface area contributed by atoms with E-state index in [0.29, 0.717) is 6.04 Å². The normalized spacial score (nSPS) is 7.00. The Morgan fingerprint density at radius 1 is 0.917 bits per heavy atom. The first-order valence-corrected chi connectivity index (χ1v) is 4.77. The quantitative estimate of drug-likeness (QED) is 0.636. The standard InChI is InChI=1S/C4H11N.2C3H8.CH4/c1-4(2)5-3;2*1-3-2;/h4-5H,1-3H3;2*3H2,1-2H3;1H4. The number of hydrogen-bond donors (Lipinski definition) is 1. The molecule has 0 aromatic heterocycles. The topological polar surface area (TPSA) is 12.0 Å². The molecule has 0 bridgehead atoms. The first-order valence-electron chi connectivity index (χ1n) is 4.77. The summed E-state index contributed by atoms with van der Waals surface area (Å²) in [4.78, 5) is 0. The highest BCUT2D eigenvalue weighted by Gasteiger charge is 1.76. The fourth-order valence-corrected chi connectivity index (χ4v) is 0. The maximum absolute atomic E-state index is 3.03. The number of hydrogen-bond acceptors (Lipinski definition) is 1. The molecular formula is C11H31N. The van der Waals surface area contributed by atoms with Crippen LogP contribution in [0.15, 0.2) is 0 Å². The minimum atomic E-state index is 0. The predicted molar refractivity (Wildman–Crippen MR) is 62.9 cm³/mol. The molecule has 0 atom stereocenters. The maximum Gasteiger partial charge on any atom is 0.000733 e. The van der Waals surface area contributed by atoms with E-state index >= 15 is 0 Å². The van der Waals surface area contributed by atoms with E-state index in [4.69, 9.17) is 0 Å². The monoisotopic (exact) mass is 177 g/mol. The van der Waals surface area contributed by atoms with E-state index in [-0.39, 0.29) is 7.43 Å². The molecule has 0 spiro atoms. The molecule has 0 aromatic carbocycles. The minimum Gasteiger partial charge on any atom is -0.318 e. The maximum atomic E-state index is 3.03. The summed E-state index contributed by atoms with van der Waals surface area (Å²) in [5.74, 6) is 0. The largest absolute Gasteiger partial charge is 0.318 e. The first-order chi connectivity index (χ1) is 5.10. The average molecular weight is 177 g/mol. The van der Waals surface area contributed by atoms with Crippen LogP contribution in [0.3, 0.4) is 0 Å². The molecular weight excluding hydrogens is 146 g/mol. The van der Waals surface area contributed by atoms with Gasteiger partial charge in [0.2, 0.25) is 0 Å². The van der Waals surface area contributed by atoms with Gasteiger partial charge in [0.15, 0.2) is 0 Å². The predicted octanol–water partition coefficient (Wildman–Crippen LogP) is 4.08. The van der Waals surface area contributed by atoms with Gasteiger partial charge in [-0.1, -0.05) is 61.8 Å². The number of nitrogens with one attached hydrogen (secondary N) is 1. The summed E-state index contributed by atoms with van der Waals surface area (Å²) in [5.41, 5.74) is 0. The molecule has 1 N–H and O–H groups in total. The van der Waals surface area contributed by atoms with Crippen molar-refractivity contribution in [1.29, 1.82) is 0 Å². The van der Waals surface area contributed by atoms with Gasteiger partial charge in [-0.15, -0.1) is 0 Å². The van der Waals surface area contributed by atoms with Gasteiger partial charge in [-0.3, -0.25) is 0 Å². The molecule has 0 fully saturated rings. The summed E-state index contributed by atoms with van der Waals surface area (Å²) in [5, 5.41) is 3.03. The SMILES string of the molecule is C.CCC.CCC.CNC(C)C. The second-order valence-corrected chi connectivity index (χ2v) is 2.86. The van der Waals surface area contributed by atoms with Crippen molar-refractivity contribution < 1.29 is 0 Å². The number of rotatable bonds is 1. The van der Waals surface area contributed by atoms with E-state index in [0.717, 1.165) is 0 Å². The Labute approximate surface area is 81.0 Å². The molecule has 0 rings (SSSR count). The molecule has 0 aromatic rings. The van der Waals surface area contributed by atoms with Gasteiger partial charge >= 0.3 is 0 Å². The summed E-state index contributed by atoms with van der Waals surface area (Å²) in [6.45, 7) is 12.7. The van der Waals surface area contributed by atoms with Crippen LogP contribution in [0.1, 0.15) is 61.8 Å². The third-order valence-electron chi connectivity index (χ3n) is 0.577. The molecule has 0 heterocycles. The molecule has 0 saturated carbocycles. The Bertz CT molecular complexity index is 32.0. The van der Waals surface area contributed by atoms with Gasteiger partial charge in [0.1, 0.15) is 0 Å².